The maximum Gasteiger partial charge on any atom is 0.330 e. The third-order valence-corrected chi connectivity index (χ3v) is 18.3. The van der Waals surface area contributed by atoms with Crippen LogP contribution >= 0.6 is 0 Å². The average Bonchev–Trinajstić information content (AvgIpc) is 3.44. The normalized spacial score (nSPS) is 42.0. The zero-order valence-corrected chi connectivity index (χ0v) is 33.5. The third kappa shape index (κ3) is 6.25. The van der Waals surface area contributed by atoms with Gasteiger partial charge >= 0.3 is 5.97 Å². The van der Waals surface area contributed by atoms with E-state index in [0.29, 0.717) is 40.4 Å². The number of methoxy groups -OCH3 is 1. The average molecular weight is 709 g/mol. The largest absolute Gasteiger partial charge is 0.466 e. The van der Waals surface area contributed by atoms with Gasteiger partial charge in [-0.3, -0.25) is 0 Å². The van der Waals surface area contributed by atoms with Crippen LogP contribution in [0, 0.1) is 51.2 Å². The minimum absolute atomic E-state index is 0.0733. The molecular weight excluding hydrogens is 641 g/mol. The number of likely N-dealkylation sites (tertiary alicyclic amines) is 1. The van der Waals surface area contributed by atoms with Crippen LogP contribution in [-0.2, 0) is 19.4 Å². The fraction of sp³-hybridized carbons (Fsp3) is 0.791. The van der Waals surface area contributed by atoms with Crippen LogP contribution in [0.3, 0.4) is 0 Å². The molecule has 0 unspecified atom stereocenters. The summed E-state index contributed by atoms with van der Waals surface area (Å²) in [4.78, 5) is 14.1. The van der Waals surface area contributed by atoms with Gasteiger partial charge < -0.3 is 15.0 Å². The summed E-state index contributed by atoms with van der Waals surface area (Å²) in [6.45, 7) is 23.7. The molecule has 1 N–H and O–H groups in total. The lowest BCUT2D eigenvalue weighted by Crippen LogP contribution is -2.68. The van der Waals surface area contributed by atoms with Gasteiger partial charge in [-0.2, -0.15) is 0 Å². The fourth-order valence-electron chi connectivity index (χ4n) is 13.7. The van der Waals surface area contributed by atoms with Gasteiger partial charge in [0.1, 0.15) is 9.84 Å². The number of carbonyl (C=O) groups excluding carboxylic acids is 1. The summed E-state index contributed by atoms with van der Waals surface area (Å²) >= 11 is 0. The lowest BCUT2D eigenvalue weighted by molar-refractivity contribution is -0.221. The van der Waals surface area contributed by atoms with Crippen molar-refractivity contribution < 1.29 is 17.9 Å². The number of fused-ring (bicyclic) bond motifs is 7. The molecule has 1 aliphatic heterocycles. The molecule has 6 nitrogen and oxygen atoms in total. The Hall–Kier alpha value is -1.70. The van der Waals surface area contributed by atoms with Crippen LogP contribution in [0.4, 0.5) is 0 Å². The molecule has 6 aliphatic rings. The summed E-state index contributed by atoms with van der Waals surface area (Å²) in [5, 5.41) is 4.09. The Labute approximate surface area is 304 Å². The van der Waals surface area contributed by atoms with Crippen LogP contribution in [0.15, 0.2) is 48.1 Å². The highest BCUT2D eigenvalue weighted by Gasteiger charge is 2.70. The highest BCUT2D eigenvalue weighted by molar-refractivity contribution is 7.91. The molecule has 4 saturated carbocycles. The maximum absolute atomic E-state index is 12.1. The number of hydrogen-bond acceptors (Lipinski definition) is 6. The predicted octanol–water partition coefficient (Wildman–Crippen LogP) is 8.32. The van der Waals surface area contributed by atoms with Crippen molar-refractivity contribution in [3.05, 3.63) is 48.1 Å². The first-order valence-electron chi connectivity index (χ1n) is 19.9. The summed E-state index contributed by atoms with van der Waals surface area (Å²) < 4.78 is 29.0. The lowest BCUT2D eigenvalue weighted by atomic mass is 9.33. The summed E-state index contributed by atoms with van der Waals surface area (Å²) in [6.07, 6.45) is 24.4. The molecule has 50 heavy (non-hydrogen) atoms. The fourth-order valence-corrected chi connectivity index (χ4v) is 14.8. The topological polar surface area (TPSA) is 75.7 Å². The molecule has 1 heterocycles. The highest BCUT2D eigenvalue weighted by atomic mass is 32.2. The van der Waals surface area contributed by atoms with Gasteiger partial charge in [-0.15, -0.1) is 0 Å². The van der Waals surface area contributed by atoms with Gasteiger partial charge in [0.15, 0.2) is 0 Å². The Kier molecular flexibility index (Phi) is 10.4. The monoisotopic (exact) mass is 708 g/mol. The van der Waals surface area contributed by atoms with E-state index in [1.807, 2.05) is 6.08 Å². The quantitative estimate of drug-likeness (QED) is 0.112. The second kappa shape index (κ2) is 13.6. The van der Waals surface area contributed by atoms with E-state index < -0.39 is 9.84 Å². The molecule has 9 atom stereocenters. The van der Waals surface area contributed by atoms with Crippen molar-refractivity contribution in [3.8, 4) is 0 Å². The van der Waals surface area contributed by atoms with E-state index in [0.717, 1.165) is 45.4 Å². The molecule has 0 amide bonds. The van der Waals surface area contributed by atoms with Crippen molar-refractivity contribution in [2.45, 2.75) is 123 Å². The predicted molar refractivity (Wildman–Crippen MR) is 205 cm³/mol. The van der Waals surface area contributed by atoms with Gasteiger partial charge in [0, 0.05) is 31.0 Å². The summed E-state index contributed by atoms with van der Waals surface area (Å²) in [7, 11) is -1.53. The van der Waals surface area contributed by atoms with Crippen molar-refractivity contribution in [2.24, 2.45) is 51.2 Å². The van der Waals surface area contributed by atoms with Crippen LogP contribution in [0.5, 0.6) is 0 Å². The Morgan fingerprint density at radius 1 is 0.960 bits per heavy atom. The number of rotatable bonds is 9. The molecule has 6 rings (SSSR count). The van der Waals surface area contributed by atoms with Crippen molar-refractivity contribution in [3.63, 3.8) is 0 Å². The standard InChI is InChI=1S/C43H68N2O4S/c1-30(2)33-17-23-43(44-26-29-45-27-19-32(20-28-45)50(9,47)48)25-24-41(6)34(38(33)43)14-15-36-40(5)21-16-31(12-10-11-13-37(46)49-8)39(3,4)35(40)18-22-42(36,41)7/h10-13,16,32-36,38,44H,1,14-15,17-29H2,2-9H3/b12-10+,13-11+/t33-,34+,35-,36+,38+,40-,41+,42+,43-/m0/s1. The van der Waals surface area contributed by atoms with Crippen LogP contribution in [0.2, 0.25) is 0 Å². The van der Waals surface area contributed by atoms with Crippen LogP contribution in [-0.4, -0.2) is 69.6 Å². The Morgan fingerprint density at radius 3 is 2.34 bits per heavy atom. The van der Waals surface area contributed by atoms with E-state index in [4.69, 9.17) is 4.74 Å². The van der Waals surface area contributed by atoms with E-state index in [1.54, 1.807) is 6.08 Å². The molecule has 280 valence electrons. The minimum atomic E-state index is -2.94. The number of allylic oxidation sites excluding steroid dienone is 6. The highest BCUT2D eigenvalue weighted by Crippen LogP contribution is 2.76. The number of hydrogen-bond donors (Lipinski definition) is 1. The van der Waals surface area contributed by atoms with Gasteiger partial charge in [-0.25, -0.2) is 13.2 Å². The first-order chi connectivity index (χ1) is 23.4. The zero-order chi connectivity index (χ0) is 36.3. The number of esters is 1. The molecule has 0 aromatic rings. The van der Waals surface area contributed by atoms with Crippen LogP contribution in [0.25, 0.3) is 0 Å². The Balaban J connectivity index is 1.21. The van der Waals surface area contributed by atoms with E-state index in [2.05, 4.69) is 70.5 Å². The summed E-state index contributed by atoms with van der Waals surface area (Å²) in [5.41, 5.74) is 3.92. The van der Waals surface area contributed by atoms with E-state index in [9.17, 15) is 13.2 Å². The van der Waals surface area contributed by atoms with Crippen molar-refractivity contribution in [1.82, 2.24) is 10.2 Å². The van der Waals surface area contributed by atoms with Gasteiger partial charge in [-0.1, -0.05) is 71.1 Å². The number of carbonyl (C=O) groups is 1. The zero-order valence-electron chi connectivity index (χ0n) is 32.7. The Bertz CT molecular complexity index is 1520. The number of ether oxygens (including phenoxy) is 1. The van der Waals surface area contributed by atoms with Crippen LogP contribution in [0.1, 0.15) is 112 Å². The first kappa shape index (κ1) is 38.0. The SMILES string of the molecule is C=C(C)[C@@H]1CC[C@]2(NCCN3CCC(S(C)(=O)=O)CC3)CC[C@]3(C)[C@H](CC[C@@H]4[C@@]5(C)CC=C(/C=C/C=C/C(=O)OC)C(C)(C)[C@@H]5CC[C@]43C)[C@@H]12. The molecule has 0 aromatic heterocycles. The van der Waals surface area contributed by atoms with E-state index in [-0.39, 0.29) is 27.6 Å². The van der Waals surface area contributed by atoms with E-state index >= 15 is 0 Å². The third-order valence-electron chi connectivity index (χ3n) is 16.6. The maximum atomic E-state index is 12.1. The molecule has 0 spiro atoms. The lowest BCUT2D eigenvalue weighted by Gasteiger charge is -2.72. The molecule has 7 heteroatoms. The second-order valence-corrected chi connectivity index (χ2v) is 21.3. The molecule has 0 bridgehead atoms. The van der Waals surface area contributed by atoms with E-state index in [1.165, 1.54) is 82.0 Å². The molecule has 1 saturated heterocycles. The van der Waals surface area contributed by atoms with Gasteiger partial charge in [0.2, 0.25) is 0 Å². The molecule has 5 aliphatic carbocycles. The molecule has 5 fully saturated rings. The van der Waals surface area contributed by atoms with Crippen molar-refractivity contribution >= 4 is 15.8 Å². The van der Waals surface area contributed by atoms with Crippen LogP contribution < -0.4 is 5.32 Å². The summed E-state index contributed by atoms with van der Waals surface area (Å²) in [6, 6.07) is 0. The second-order valence-electron chi connectivity index (χ2n) is 19.0. The van der Waals surface area contributed by atoms with Gasteiger partial charge in [0.05, 0.1) is 12.4 Å². The smallest absolute Gasteiger partial charge is 0.330 e. The minimum Gasteiger partial charge on any atom is -0.466 e. The Morgan fingerprint density at radius 2 is 1.68 bits per heavy atom. The molecule has 0 aromatic carbocycles. The molecular formula is C43H68N2O4S. The number of nitrogens with one attached hydrogen (secondary N) is 1. The summed E-state index contributed by atoms with van der Waals surface area (Å²) in [5.74, 6) is 2.94. The number of sulfone groups is 1. The van der Waals surface area contributed by atoms with Crippen molar-refractivity contribution in [2.75, 3.05) is 39.5 Å². The molecule has 0 radical (unpaired) electrons. The van der Waals surface area contributed by atoms with Crippen molar-refractivity contribution in [1.29, 1.82) is 0 Å². The number of piperidine rings is 1. The van der Waals surface area contributed by atoms with Gasteiger partial charge in [-0.05, 0) is 147 Å². The van der Waals surface area contributed by atoms with Gasteiger partial charge in [0.25, 0.3) is 0 Å². The first-order valence-corrected chi connectivity index (χ1v) is 21.8. The number of nitrogens with zero attached hydrogens (tertiary/aromatic N) is 1.